The number of nitrogens with one attached hydrogen (secondary N) is 1. The van der Waals surface area contributed by atoms with Crippen molar-refractivity contribution in [2.24, 2.45) is 5.92 Å². The number of amides is 1. The van der Waals surface area contributed by atoms with Crippen LogP contribution in [-0.2, 0) is 21.2 Å². The van der Waals surface area contributed by atoms with Crippen molar-refractivity contribution in [3.63, 3.8) is 0 Å². The summed E-state index contributed by atoms with van der Waals surface area (Å²) in [5.41, 5.74) is 0.460. The molecule has 3 rings (SSSR count). The minimum Gasteiger partial charge on any atom is -0.311 e. The second-order valence-electron chi connectivity index (χ2n) is 5.64. The number of anilines is 1. The highest BCUT2D eigenvalue weighted by Gasteiger charge is 2.24. The highest BCUT2D eigenvalue weighted by Crippen LogP contribution is 2.19. The van der Waals surface area contributed by atoms with Crippen LogP contribution in [-0.4, -0.2) is 29.9 Å². The van der Waals surface area contributed by atoms with Crippen LogP contribution in [0.3, 0.4) is 0 Å². The fourth-order valence-corrected chi connectivity index (χ4v) is 3.95. The quantitative estimate of drug-likeness (QED) is 0.895. The van der Waals surface area contributed by atoms with Gasteiger partial charge in [-0.3, -0.25) is 4.79 Å². The second kappa shape index (κ2) is 6.56. The number of hydrogen-bond donors (Lipinski definition) is 1. The van der Waals surface area contributed by atoms with Crippen LogP contribution in [0.1, 0.15) is 12.0 Å². The van der Waals surface area contributed by atoms with Crippen LogP contribution in [0, 0.1) is 11.7 Å². The standard InChI is InChI=1S/C16H16FN3O3S/c17-14-4-2-1-3-13(14)10-20-15(5-7-18-20)19-16(21)9-12-6-8-24(22,23)11-12/h1-8,12H,9-11H2,(H,19,21)/t12-/m1/s1. The number of allylic oxidation sites excluding steroid dienone is 1. The first kappa shape index (κ1) is 16.4. The van der Waals surface area contributed by atoms with Gasteiger partial charge in [-0.25, -0.2) is 17.5 Å². The highest BCUT2D eigenvalue weighted by molar-refractivity contribution is 7.94. The van der Waals surface area contributed by atoms with E-state index in [0.717, 1.165) is 5.41 Å². The van der Waals surface area contributed by atoms with Gasteiger partial charge in [0.1, 0.15) is 11.6 Å². The van der Waals surface area contributed by atoms with Gasteiger partial charge in [0, 0.05) is 29.4 Å². The molecule has 2 aromatic rings. The molecule has 8 heteroatoms. The number of sulfone groups is 1. The number of aromatic nitrogens is 2. The summed E-state index contributed by atoms with van der Waals surface area (Å²) >= 11 is 0. The van der Waals surface area contributed by atoms with Gasteiger partial charge in [0.2, 0.25) is 5.91 Å². The highest BCUT2D eigenvalue weighted by atomic mass is 32.2. The Morgan fingerprint density at radius 1 is 1.33 bits per heavy atom. The first-order chi connectivity index (χ1) is 11.4. The molecule has 6 nitrogen and oxygen atoms in total. The molecule has 0 radical (unpaired) electrons. The SMILES string of the molecule is O=C(C[C@H]1C=CS(=O)(=O)C1)Nc1ccnn1Cc1ccccc1F. The van der Waals surface area contributed by atoms with Crippen molar-refractivity contribution in [3.05, 3.63) is 59.4 Å². The molecule has 0 spiro atoms. The third-order valence-corrected chi connectivity index (χ3v) is 5.18. The van der Waals surface area contributed by atoms with Gasteiger partial charge in [-0.1, -0.05) is 24.3 Å². The predicted molar refractivity (Wildman–Crippen MR) is 87.4 cm³/mol. The fourth-order valence-electron chi connectivity index (χ4n) is 2.55. The van der Waals surface area contributed by atoms with E-state index in [-0.39, 0.29) is 36.4 Å². The van der Waals surface area contributed by atoms with E-state index in [1.54, 1.807) is 24.3 Å². The van der Waals surface area contributed by atoms with Crippen LogP contribution in [0.5, 0.6) is 0 Å². The molecular formula is C16H16FN3O3S. The average molecular weight is 349 g/mol. The number of halogens is 1. The van der Waals surface area contributed by atoms with Gasteiger partial charge in [0.15, 0.2) is 9.84 Å². The molecule has 0 fully saturated rings. The maximum Gasteiger partial charge on any atom is 0.226 e. The average Bonchev–Trinajstić information content (AvgIpc) is 3.08. The van der Waals surface area contributed by atoms with Crippen LogP contribution in [0.4, 0.5) is 10.2 Å². The minimum atomic E-state index is -3.18. The fraction of sp³-hybridized carbons (Fsp3) is 0.250. The van der Waals surface area contributed by atoms with Crippen molar-refractivity contribution in [1.29, 1.82) is 0 Å². The van der Waals surface area contributed by atoms with E-state index in [9.17, 15) is 17.6 Å². The molecule has 1 aromatic heterocycles. The zero-order valence-corrected chi connectivity index (χ0v) is 13.5. The normalized spacial score (nSPS) is 18.6. The lowest BCUT2D eigenvalue weighted by molar-refractivity contribution is -0.116. The molecule has 1 aliphatic rings. The Balaban J connectivity index is 1.64. The summed E-state index contributed by atoms with van der Waals surface area (Å²) in [5, 5.41) is 7.93. The molecule has 0 aliphatic carbocycles. The van der Waals surface area contributed by atoms with Crippen LogP contribution in [0.25, 0.3) is 0 Å². The summed E-state index contributed by atoms with van der Waals surface area (Å²) in [5.74, 6) is -0.579. The molecule has 1 N–H and O–H groups in total. The van der Waals surface area contributed by atoms with Crippen molar-refractivity contribution >= 4 is 21.6 Å². The van der Waals surface area contributed by atoms with Gasteiger partial charge in [-0.05, 0) is 6.07 Å². The summed E-state index contributed by atoms with van der Waals surface area (Å²) in [7, 11) is -3.18. The van der Waals surface area contributed by atoms with Gasteiger partial charge >= 0.3 is 0 Å². The van der Waals surface area contributed by atoms with E-state index in [4.69, 9.17) is 0 Å². The Bertz CT molecular complexity index is 889. The third-order valence-electron chi connectivity index (χ3n) is 3.71. The van der Waals surface area contributed by atoms with Gasteiger partial charge in [-0.2, -0.15) is 5.10 Å². The van der Waals surface area contributed by atoms with Gasteiger partial charge in [0.05, 0.1) is 18.5 Å². The van der Waals surface area contributed by atoms with E-state index < -0.39 is 9.84 Å². The van der Waals surface area contributed by atoms with E-state index in [2.05, 4.69) is 10.4 Å². The van der Waals surface area contributed by atoms with Crippen molar-refractivity contribution in [2.75, 3.05) is 11.1 Å². The molecule has 0 saturated carbocycles. The van der Waals surface area contributed by atoms with Crippen molar-refractivity contribution in [1.82, 2.24) is 9.78 Å². The van der Waals surface area contributed by atoms with Crippen molar-refractivity contribution < 1.29 is 17.6 Å². The Morgan fingerprint density at radius 2 is 2.12 bits per heavy atom. The van der Waals surface area contributed by atoms with Crippen molar-refractivity contribution in [2.45, 2.75) is 13.0 Å². The topological polar surface area (TPSA) is 81.1 Å². The first-order valence-electron chi connectivity index (χ1n) is 7.39. The summed E-state index contributed by atoms with van der Waals surface area (Å²) < 4.78 is 37.9. The molecule has 1 atom stereocenters. The molecule has 1 amide bonds. The zero-order valence-electron chi connectivity index (χ0n) is 12.7. The number of nitrogens with zero attached hydrogens (tertiary/aromatic N) is 2. The van der Waals surface area contributed by atoms with Gasteiger partial charge in [-0.15, -0.1) is 0 Å². The van der Waals surface area contributed by atoms with Crippen LogP contribution < -0.4 is 5.32 Å². The summed E-state index contributed by atoms with van der Waals surface area (Å²) in [6.45, 7) is 0.187. The summed E-state index contributed by atoms with van der Waals surface area (Å²) in [6, 6.07) is 7.96. The summed E-state index contributed by atoms with van der Waals surface area (Å²) in [4.78, 5) is 12.1. The number of hydrogen-bond acceptors (Lipinski definition) is 4. The van der Waals surface area contributed by atoms with Crippen LogP contribution >= 0.6 is 0 Å². The smallest absolute Gasteiger partial charge is 0.226 e. The minimum absolute atomic E-state index is 0.0467. The largest absolute Gasteiger partial charge is 0.311 e. The van der Waals surface area contributed by atoms with E-state index in [0.29, 0.717) is 11.4 Å². The Hall–Kier alpha value is -2.48. The van der Waals surface area contributed by atoms with Crippen LogP contribution in [0.15, 0.2) is 48.0 Å². The molecular weight excluding hydrogens is 333 g/mol. The molecule has 2 heterocycles. The second-order valence-corrected chi connectivity index (χ2v) is 7.57. The first-order valence-corrected chi connectivity index (χ1v) is 9.10. The molecule has 1 aliphatic heterocycles. The molecule has 0 saturated heterocycles. The molecule has 0 unspecified atom stereocenters. The lowest BCUT2D eigenvalue weighted by Gasteiger charge is -2.11. The monoisotopic (exact) mass is 349 g/mol. The van der Waals surface area contributed by atoms with E-state index in [1.807, 2.05) is 0 Å². The molecule has 24 heavy (non-hydrogen) atoms. The van der Waals surface area contributed by atoms with E-state index in [1.165, 1.54) is 23.0 Å². The molecule has 1 aromatic carbocycles. The number of rotatable bonds is 5. The Labute approximate surface area is 138 Å². The zero-order chi connectivity index (χ0) is 17.2. The number of carbonyl (C=O) groups is 1. The predicted octanol–water partition coefficient (Wildman–Crippen LogP) is 1.96. The lowest BCUT2D eigenvalue weighted by Crippen LogP contribution is -2.20. The molecule has 126 valence electrons. The number of carbonyl (C=O) groups excluding carboxylic acids is 1. The maximum atomic E-state index is 13.7. The van der Waals surface area contributed by atoms with Crippen molar-refractivity contribution in [3.8, 4) is 0 Å². The number of benzene rings is 1. The summed E-state index contributed by atoms with van der Waals surface area (Å²) in [6.07, 6.45) is 3.11. The third kappa shape index (κ3) is 3.88. The lowest BCUT2D eigenvalue weighted by atomic mass is 10.1. The Morgan fingerprint density at radius 3 is 2.83 bits per heavy atom. The van der Waals surface area contributed by atoms with E-state index >= 15 is 0 Å². The Kier molecular flexibility index (Phi) is 4.48. The van der Waals surface area contributed by atoms with Gasteiger partial charge < -0.3 is 5.32 Å². The van der Waals surface area contributed by atoms with Gasteiger partial charge in [0.25, 0.3) is 0 Å². The maximum absolute atomic E-state index is 13.7. The molecule has 0 bridgehead atoms. The van der Waals surface area contributed by atoms with Crippen LogP contribution in [0.2, 0.25) is 0 Å².